The van der Waals surface area contributed by atoms with Gasteiger partial charge in [0.15, 0.2) is 0 Å². The van der Waals surface area contributed by atoms with Crippen molar-refractivity contribution in [1.82, 2.24) is 9.88 Å². The average Bonchev–Trinajstić information content (AvgIpc) is 3.32. The standard InChI is InChI=1S/C26H22N4O3S/c1-14(2)30-24(31)19-10-9-18(13-20(19)25(30)32)28-26(33)27-17-7-5-16(6-8-17)23-29-21-11-4-15(3)12-22(21)34-23/h4-14H,1-3H3,(H2,27,28,33). The SMILES string of the molecule is Cc1ccc2nc(-c3ccc(NC(=O)Nc4ccc5c(c4)C(=O)N(C(C)C)C5=O)cc3)sc2c1. The summed E-state index contributed by atoms with van der Waals surface area (Å²) in [6.07, 6.45) is 0. The molecule has 0 atom stereocenters. The van der Waals surface area contributed by atoms with Crippen molar-refractivity contribution < 1.29 is 14.4 Å². The van der Waals surface area contributed by atoms with Crippen LogP contribution in [0.4, 0.5) is 16.2 Å². The van der Waals surface area contributed by atoms with Crippen LogP contribution < -0.4 is 10.6 Å². The van der Waals surface area contributed by atoms with Crippen LogP contribution >= 0.6 is 11.3 Å². The number of nitrogens with zero attached hydrogens (tertiary/aromatic N) is 2. The predicted molar refractivity (Wildman–Crippen MR) is 135 cm³/mol. The van der Waals surface area contributed by atoms with Crippen LogP contribution in [0, 0.1) is 6.92 Å². The topological polar surface area (TPSA) is 91.4 Å². The van der Waals surface area contributed by atoms with Gasteiger partial charge in [-0.25, -0.2) is 9.78 Å². The number of aromatic nitrogens is 1. The lowest BCUT2D eigenvalue weighted by atomic mass is 10.1. The molecule has 34 heavy (non-hydrogen) atoms. The third-order valence-corrected chi connectivity index (χ3v) is 6.69. The highest BCUT2D eigenvalue weighted by molar-refractivity contribution is 7.21. The number of nitrogens with one attached hydrogen (secondary N) is 2. The molecule has 1 aromatic heterocycles. The number of thiazole rings is 1. The summed E-state index contributed by atoms with van der Waals surface area (Å²) in [5.74, 6) is -0.658. The van der Waals surface area contributed by atoms with Crippen molar-refractivity contribution >= 4 is 50.8 Å². The summed E-state index contributed by atoms with van der Waals surface area (Å²) in [6, 6.07) is 17.7. The van der Waals surface area contributed by atoms with Crippen molar-refractivity contribution in [3.8, 4) is 10.6 Å². The third kappa shape index (κ3) is 3.92. The van der Waals surface area contributed by atoms with Gasteiger partial charge in [-0.2, -0.15) is 0 Å². The maximum Gasteiger partial charge on any atom is 0.323 e. The molecule has 0 saturated carbocycles. The molecule has 4 amide bonds. The van der Waals surface area contributed by atoms with Gasteiger partial charge in [0.05, 0.1) is 21.3 Å². The number of hydrogen-bond acceptors (Lipinski definition) is 5. The summed E-state index contributed by atoms with van der Waals surface area (Å²) in [4.78, 5) is 43.4. The molecule has 1 aliphatic heterocycles. The molecule has 0 spiro atoms. The molecule has 8 heteroatoms. The number of hydrogen-bond donors (Lipinski definition) is 2. The molecule has 7 nitrogen and oxygen atoms in total. The summed E-state index contributed by atoms with van der Waals surface area (Å²) in [6.45, 7) is 5.64. The maximum absolute atomic E-state index is 12.6. The second-order valence-corrected chi connectivity index (χ2v) is 9.51. The first-order valence-electron chi connectivity index (χ1n) is 10.9. The van der Waals surface area contributed by atoms with Gasteiger partial charge in [0, 0.05) is 23.0 Å². The molecular weight excluding hydrogens is 448 g/mol. The third-order valence-electron chi connectivity index (χ3n) is 5.63. The largest absolute Gasteiger partial charge is 0.323 e. The van der Waals surface area contributed by atoms with Crippen LogP contribution in [-0.2, 0) is 0 Å². The van der Waals surface area contributed by atoms with E-state index in [1.807, 2.05) is 36.4 Å². The lowest BCUT2D eigenvalue weighted by molar-refractivity contribution is 0.0609. The Balaban J connectivity index is 1.27. The van der Waals surface area contributed by atoms with Crippen LogP contribution in [0.3, 0.4) is 0 Å². The van der Waals surface area contributed by atoms with Crippen LogP contribution in [0.15, 0.2) is 60.7 Å². The number of urea groups is 1. The summed E-state index contributed by atoms with van der Waals surface area (Å²) in [7, 11) is 0. The smallest absolute Gasteiger partial charge is 0.308 e. The number of imide groups is 1. The minimum Gasteiger partial charge on any atom is -0.308 e. The number of fused-ring (bicyclic) bond motifs is 2. The fraction of sp³-hybridized carbons (Fsp3) is 0.154. The highest BCUT2D eigenvalue weighted by Gasteiger charge is 2.37. The molecule has 0 radical (unpaired) electrons. The minimum atomic E-state index is -0.444. The van der Waals surface area contributed by atoms with Gasteiger partial charge in [-0.05, 0) is 80.9 Å². The normalized spacial score (nSPS) is 13.0. The Kier molecular flexibility index (Phi) is 5.37. The minimum absolute atomic E-state index is 0.234. The van der Waals surface area contributed by atoms with Gasteiger partial charge in [0.25, 0.3) is 11.8 Å². The first-order valence-corrected chi connectivity index (χ1v) is 11.7. The first kappa shape index (κ1) is 21.8. The van der Waals surface area contributed by atoms with E-state index >= 15 is 0 Å². The van der Waals surface area contributed by atoms with Crippen LogP contribution in [0.25, 0.3) is 20.8 Å². The van der Waals surface area contributed by atoms with E-state index in [9.17, 15) is 14.4 Å². The molecule has 2 heterocycles. The molecule has 170 valence electrons. The van der Waals surface area contributed by atoms with E-state index in [2.05, 4.69) is 23.6 Å². The van der Waals surface area contributed by atoms with Crippen molar-refractivity contribution in [3.63, 3.8) is 0 Å². The zero-order valence-electron chi connectivity index (χ0n) is 18.9. The van der Waals surface area contributed by atoms with Gasteiger partial charge in [0.2, 0.25) is 0 Å². The number of anilines is 2. The average molecular weight is 471 g/mol. The van der Waals surface area contributed by atoms with E-state index in [-0.39, 0.29) is 17.9 Å². The number of benzene rings is 3. The number of aryl methyl sites for hydroxylation is 1. The van der Waals surface area contributed by atoms with Crippen LogP contribution in [0.2, 0.25) is 0 Å². The van der Waals surface area contributed by atoms with Gasteiger partial charge < -0.3 is 10.6 Å². The van der Waals surface area contributed by atoms with E-state index in [1.54, 1.807) is 37.3 Å². The lowest BCUT2D eigenvalue weighted by Crippen LogP contribution is -2.35. The Morgan fingerprint density at radius 2 is 1.56 bits per heavy atom. The van der Waals surface area contributed by atoms with Crippen molar-refractivity contribution in [1.29, 1.82) is 0 Å². The summed E-state index contributed by atoms with van der Waals surface area (Å²) >= 11 is 1.63. The van der Waals surface area contributed by atoms with E-state index in [1.165, 1.54) is 16.5 Å². The molecule has 5 rings (SSSR count). The van der Waals surface area contributed by atoms with E-state index in [4.69, 9.17) is 4.98 Å². The molecule has 3 aromatic carbocycles. The molecule has 2 N–H and O–H groups in total. The molecule has 1 aliphatic rings. The van der Waals surface area contributed by atoms with Gasteiger partial charge in [-0.1, -0.05) is 6.07 Å². The quantitative estimate of drug-likeness (QED) is 0.362. The highest BCUT2D eigenvalue weighted by Crippen LogP contribution is 2.31. The first-order chi connectivity index (χ1) is 16.3. The Labute approximate surface area is 200 Å². The van der Waals surface area contributed by atoms with Gasteiger partial charge >= 0.3 is 6.03 Å². The zero-order chi connectivity index (χ0) is 24.0. The zero-order valence-corrected chi connectivity index (χ0v) is 19.7. The maximum atomic E-state index is 12.6. The number of amides is 4. The Hall–Kier alpha value is -4.04. The fourth-order valence-electron chi connectivity index (χ4n) is 3.95. The van der Waals surface area contributed by atoms with Crippen molar-refractivity contribution in [3.05, 3.63) is 77.4 Å². The Bertz CT molecular complexity index is 1460. The fourth-order valence-corrected chi connectivity index (χ4v) is 5.02. The van der Waals surface area contributed by atoms with Crippen molar-refractivity contribution in [2.24, 2.45) is 0 Å². The molecule has 0 bridgehead atoms. The van der Waals surface area contributed by atoms with Gasteiger partial charge in [-0.15, -0.1) is 11.3 Å². The molecule has 0 unspecified atom stereocenters. The Morgan fingerprint density at radius 1 is 0.882 bits per heavy atom. The summed E-state index contributed by atoms with van der Waals surface area (Å²) in [5, 5.41) is 6.44. The van der Waals surface area contributed by atoms with Crippen LogP contribution in [0.1, 0.15) is 40.1 Å². The molecule has 0 fully saturated rings. The van der Waals surface area contributed by atoms with Gasteiger partial charge in [-0.3, -0.25) is 14.5 Å². The second-order valence-electron chi connectivity index (χ2n) is 8.48. The summed E-state index contributed by atoms with van der Waals surface area (Å²) in [5.41, 5.74) is 4.85. The van der Waals surface area contributed by atoms with Crippen molar-refractivity contribution in [2.75, 3.05) is 10.6 Å². The molecule has 0 aliphatic carbocycles. The molecular formula is C26H22N4O3S. The highest BCUT2D eigenvalue weighted by atomic mass is 32.1. The van der Waals surface area contributed by atoms with Crippen LogP contribution in [-0.4, -0.2) is 33.8 Å². The molecule has 0 saturated heterocycles. The monoisotopic (exact) mass is 470 g/mol. The molecule has 4 aromatic rings. The number of rotatable bonds is 4. The van der Waals surface area contributed by atoms with E-state index in [0.717, 1.165) is 20.8 Å². The number of carbonyl (C=O) groups is 3. The number of carbonyl (C=O) groups excluding carboxylic acids is 3. The lowest BCUT2D eigenvalue weighted by Gasteiger charge is -2.17. The van der Waals surface area contributed by atoms with E-state index < -0.39 is 6.03 Å². The predicted octanol–water partition coefficient (Wildman–Crippen LogP) is 5.92. The second kappa shape index (κ2) is 8.39. The van der Waals surface area contributed by atoms with Crippen molar-refractivity contribution in [2.45, 2.75) is 26.8 Å². The Morgan fingerprint density at radius 3 is 2.29 bits per heavy atom. The summed E-state index contributed by atoms with van der Waals surface area (Å²) < 4.78 is 1.14. The van der Waals surface area contributed by atoms with Gasteiger partial charge in [0.1, 0.15) is 5.01 Å². The van der Waals surface area contributed by atoms with Crippen LogP contribution in [0.5, 0.6) is 0 Å². The van der Waals surface area contributed by atoms with E-state index in [0.29, 0.717) is 22.5 Å².